The van der Waals surface area contributed by atoms with Crippen LogP contribution in [0, 0.1) is 5.82 Å². The molecule has 0 bridgehead atoms. The fraction of sp³-hybridized carbons (Fsp3) is 0.364. The molecule has 1 aromatic rings. The summed E-state index contributed by atoms with van der Waals surface area (Å²) in [6, 6.07) is 6.09. The van der Waals surface area contributed by atoms with Gasteiger partial charge < -0.3 is 0 Å². The minimum atomic E-state index is -0.264. The van der Waals surface area contributed by atoms with Gasteiger partial charge in [0, 0.05) is 12.3 Å². The Labute approximate surface area is 77.6 Å². The molecule has 2 heteroatoms. The van der Waals surface area contributed by atoms with Gasteiger partial charge in [0.05, 0.1) is 0 Å². The third-order valence-electron chi connectivity index (χ3n) is 2.20. The second-order valence-corrected chi connectivity index (χ2v) is 3.09. The highest BCUT2D eigenvalue weighted by Crippen LogP contribution is 2.17. The molecule has 1 aromatic carbocycles. The summed E-state index contributed by atoms with van der Waals surface area (Å²) in [5.74, 6) is -0.197. The first-order valence-electron chi connectivity index (χ1n) is 4.43. The highest BCUT2D eigenvalue weighted by atomic mass is 19.1. The van der Waals surface area contributed by atoms with E-state index in [1.807, 2.05) is 13.8 Å². The Hall–Kier alpha value is -1.18. The van der Waals surface area contributed by atoms with Gasteiger partial charge in [-0.1, -0.05) is 26.0 Å². The summed E-state index contributed by atoms with van der Waals surface area (Å²) in [6.45, 7) is 3.68. The minimum Gasteiger partial charge on any atom is -0.299 e. The van der Waals surface area contributed by atoms with Crippen LogP contribution in [0.5, 0.6) is 0 Å². The van der Waals surface area contributed by atoms with Crippen molar-refractivity contribution >= 4 is 5.78 Å². The summed E-state index contributed by atoms with van der Waals surface area (Å²) in [6.07, 6.45) is 0.526. The molecule has 0 aromatic heterocycles. The van der Waals surface area contributed by atoms with Crippen LogP contribution >= 0.6 is 0 Å². The van der Waals surface area contributed by atoms with Crippen molar-refractivity contribution in [2.45, 2.75) is 26.2 Å². The quantitative estimate of drug-likeness (QED) is 0.699. The van der Waals surface area contributed by atoms with Gasteiger partial charge in [-0.15, -0.1) is 0 Å². The summed E-state index contributed by atoms with van der Waals surface area (Å²) in [4.78, 5) is 11.3. The van der Waals surface area contributed by atoms with E-state index in [0.29, 0.717) is 6.42 Å². The molecular weight excluding hydrogens is 167 g/mol. The Bertz CT molecular complexity index is 289. The predicted octanol–water partition coefficient (Wildman–Crippen LogP) is 2.91. The molecule has 0 aliphatic carbocycles. The molecule has 0 saturated heterocycles. The molecule has 70 valence electrons. The third-order valence-corrected chi connectivity index (χ3v) is 2.20. The van der Waals surface area contributed by atoms with Crippen LogP contribution in [0.1, 0.15) is 31.7 Å². The molecule has 1 nitrogen and oxygen atoms in total. The second-order valence-electron chi connectivity index (χ2n) is 3.09. The molecule has 0 fully saturated rings. The molecule has 0 aliphatic heterocycles. The highest BCUT2D eigenvalue weighted by Gasteiger charge is 2.12. The van der Waals surface area contributed by atoms with Crippen LogP contribution in [0.4, 0.5) is 4.39 Å². The number of hydrogen-bond donors (Lipinski definition) is 0. The van der Waals surface area contributed by atoms with Crippen molar-refractivity contribution in [1.29, 1.82) is 0 Å². The zero-order chi connectivity index (χ0) is 9.84. The van der Waals surface area contributed by atoms with Gasteiger partial charge in [-0.25, -0.2) is 4.39 Å². The Kier molecular flexibility index (Phi) is 3.18. The van der Waals surface area contributed by atoms with E-state index in [-0.39, 0.29) is 17.5 Å². The number of benzene rings is 1. The maximum Gasteiger partial charge on any atom is 0.139 e. The molecule has 1 rings (SSSR count). The molecule has 0 radical (unpaired) electrons. The fourth-order valence-corrected chi connectivity index (χ4v) is 1.24. The van der Waals surface area contributed by atoms with Crippen molar-refractivity contribution in [2.75, 3.05) is 0 Å². The number of hydrogen-bond acceptors (Lipinski definition) is 1. The Morgan fingerprint density at radius 3 is 2.38 bits per heavy atom. The minimum absolute atomic E-state index is 0.120. The van der Waals surface area contributed by atoms with Crippen molar-refractivity contribution in [3.8, 4) is 0 Å². The van der Waals surface area contributed by atoms with Gasteiger partial charge in [0.1, 0.15) is 11.6 Å². The van der Waals surface area contributed by atoms with Gasteiger partial charge in [0.25, 0.3) is 0 Å². The van der Waals surface area contributed by atoms with Crippen LogP contribution < -0.4 is 0 Å². The summed E-state index contributed by atoms with van der Waals surface area (Å²) < 4.78 is 12.5. The number of Topliss-reactive ketones (excluding diaryl/α,β-unsaturated/α-hetero) is 1. The standard InChI is InChI=1S/C11H13FO/c1-3-11(13)8(2)9-4-6-10(12)7-5-9/h4-8H,3H2,1-2H3. The van der Waals surface area contributed by atoms with Crippen molar-refractivity contribution in [2.24, 2.45) is 0 Å². The smallest absolute Gasteiger partial charge is 0.139 e. The van der Waals surface area contributed by atoms with E-state index in [1.54, 1.807) is 12.1 Å². The lowest BCUT2D eigenvalue weighted by Crippen LogP contribution is -2.07. The zero-order valence-corrected chi connectivity index (χ0v) is 7.88. The van der Waals surface area contributed by atoms with Crippen LogP contribution in [0.3, 0.4) is 0 Å². The SMILES string of the molecule is CCC(=O)C(C)c1ccc(F)cc1. The van der Waals surface area contributed by atoms with Crippen molar-refractivity contribution in [1.82, 2.24) is 0 Å². The van der Waals surface area contributed by atoms with E-state index in [1.165, 1.54) is 12.1 Å². The van der Waals surface area contributed by atoms with Crippen molar-refractivity contribution in [3.63, 3.8) is 0 Å². The number of ketones is 1. The normalized spacial score (nSPS) is 12.5. The number of rotatable bonds is 3. The maximum atomic E-state index is 12.5. The van der Waals surface area contributed by atoms with Crippen LogP contribution in [0.25, 0.3) is 0 Å². The number of halogens is 1. The summed E-state index contributed by atoms with van der Waals surface area (Å²) in [7, 11) is 0. The van der Waals surface area contributed by atoms with Gasteiger partial charge in [-0.3, -0.25) is 4.79 Å². The van der Waals surface area contributed by atoms with Crippen LogP contribution in [-0.4, -0.2) is 5.78 Å². The molecule has 0 spiro atoms. The molecule has 1 unspecified atom stereocenters. The molecule has 1 atom stereocenters. The predicted molar refractivity (Wildman–Crippen MR) is 50.1 cm³/mol. The number of carbonyl (C=O) groups is 1. The summed E-state index contributed by atoms with van der Waals surface area (Å²) in [5, 5.41) is 0. The van der Waals surface area contributed by atoms with Crippen molar-refractivity contribution < 1.29 is 9.18 Å². The molecular formula is C11H13FO. The Morgan fingerprint density at radius 2 is 1.92 bits per heavy atom. The molecule has 0 amide bonds. The van der Waals surface area contributed by atoms with Crippen molar-refractivity contribution in [3.05, 3.63) is 35.6 Å². The second kappa shape index (κ2) is 4.17. The Balaban J connectivity index is 2.83. The fourth-order valence-electron chi connectivity index (χ4n) is 1.24. The lowest BCUT2D eigenvalue weighted by Gasteiger charge is -2.08. The lowest BCUT2D eigenvalue weighted by molar-refractivity contribution is -0.119. The van der Waals surface area contributed by atoms with E-state index < -0.39 is 0 Å². The maximum absolute atomic E-state index is 12.5. The van der Waals surface area contributed by atoms with Gasteiger partial charge in [0.2, 0.25) is 0 Å². The van der Waals surface area contributed by atoms with Crippen LogP contribution in [0.15, 0.2) is 24.3 Å². The first-order chi connectivity index (χ1) is 6.15. The van der Waals surface area contributed by atoms with Gasteiger partial charge in [-0.05, 0) is 17.7 Å². The molecule has 0 saturated carbocycles. The summed E-state index contributed by atoms with van der Waals surface area (Å²) >= 11 is 0. The van der Waals surface area contributed by atoms with E-state index >= 15 is 0 Å². The van der Waals surface area contributed by atoms with Crippen LogP contribution in [-0.2, 0) is 4.79 Å². The molecule has 0 heterocycles. The van der Waals surface area contributed by atoms with E-state index in [9.17, 15) is 9.18 Å². The zero-order valence-electron chi connectivity index (χ0n) is 7.88. The highest BCUT2D eigenvalue weighted by molar-refractivity contribution is 5.84. The average molecular weight is 180 g/mol. The number of carbonyl (C=O) groups excluding carboxylic acids is 1. The summed E-state index contributed by atoms with van der Waals surface area (Å²) in [5.41, 5.74) is 0.883. The monoisotopic (exact) mass is 180 g/mol. The molecule has 13 heavy (non-hydrogen) atoms. The van der Waals surface area contributed by atoms with Gasteiger partial charge in [-0.2, -0.15) is 0 Å². The topological polar surface area (TPSA) is 17.1 Å². The lowest BCUT2D eigenvalue weighted by atomic mass is 9.95. The molecule has 0 N–H and O–H groups in total. The average Bonchev–Trinajstić information content (AvgIpc) is 2.17. The van der Waals surface area contributed by atoms with Crippen LogP contribution in [0.2, 0.25) is 0 Å². The first-order valence-corrected chi connectivity index (χ1v) is 4.43. The van der Waals surface area contributed by atoms with Gasteiger partial charge in [0.15, 0.2) is 0 Å². The molecule has 0 aliphatic rings. The van der Waals surface area contributed by atoms with Gasteiger partial charge >= 0.3 is 0 Å². The first kappa shape index (κ1) is 9.90. The third kappa shape index (κ3) is 2.38. The Morgan fingerprint density at radius 1 is 1.38 bits per heavy atom. The largest absolute Gasteiger partial charge is 0.299 e. The van der Waals surface area contributed by atoms with E-state index in [4.69, 9.17) is 0 Å². The van der Waals surface area contributed by atoms with E-state index in [0.717, 1.165) is 5.56 Å². The van der Waals surface area contributed by atoms with E-state index in [2.05, 4.69) is 0 Å².